The van der Waals surface area contributed by atoms with Crippen LogP contribution < -0.4 is 0 Å². The van der Waals surface area contributed by atoms with Crippen LogP contribution in [0.25, 0.3) is 0 Å². The lowest BCUT2D eigenvalue weighted by atomic mass is 10.4. The van der Waals surface area contributed by atoms with E-state index in [-0.39, 0.29) is 12.2 Å². The van der Waals surface area contributed by atoms with Crippen LogP contribution in [0.5, 0.6) is 0 Å². The molecule has 0 saturated heterocycles. The zero-order chi connectivity index (χ0) is 11.7. The van der Waals surface area contributed by atoms with Gasteiger partial charge < -0.3 is 14.2 Å². The van der Waals surface area contributed by atoms with Gasteiger partial charge in [0.1, 0.15) is 12.2 Å². The van der Waals surface area contributed by atoms with Crippen LogP contribution in [0.2, 0.25) is 0 Å². The molecule has 84 valence electrons. The molecular formula is C9H8BrN3O3. The van der Waals surface area contributed by atoms with E-state index in [0.717, 1.165) is 0 Å². The molecule has 0 unspecified atom stereocenters. The summed E-state index contributed by atoms with van der Waals surface area (Å²) in [7, 11) is 0. The first-order valence-electron chi connectivity index (χ1n) is 4.44. The molecule has 2 aromatic rings. The molecule has 1 N–H and O–H groups in total. The minimum atomic E-state index is -0.998. The Hall–Kier alpha value is -1.63. The van der Waals surface area contributed by atoms with Crippen LogP contribution in [0.4, 0.5) is 0 Å². The fourth-order valence-electron chi connectivity index (χ4n) is 1.33. The molecule has 2 aromatic heterocycles. The maximum Gasteiger partial charge on any atom is 0.352 e. The summed E-state index contributed by atoms with van der Waals surface area (Å²) in [6.07, 6.45) is 1.66. The molecule has 0 aliphatic carbocycles. The number of carbonyl (C=O) groups is 1. The van der Waals surface area contributed by atoms with E-state index in [1.54, 1.807) is 13.1 Å². The van der Waals surface area contributed by atoms with Crippen molar-refractivity contribution in [2.45, 2.75) is 13.5 Å². The van der Waals surface area contributed by atoms with Gasteiger partial charge >= 0.3 is 5.97 Å². The Morgan fingerprint density at radius 2 is 2.44 bits per heavy atom. The molecule has 0 atom stereocenters. The highest BCUT2D eigenvalue weighted by Gasteiger charge is 2.13. The van der Waals surface area contributed by atoms with Crippen molar-refractivity contribution in [1.82, 2.24) is 14.7 Å². The van der Waals surface area contributed by atoms with E-state index in [2.05, 4.69) is 26.1 Å². The number of carboxylic acids is 1. The van der Waals surface area contributed by atoms with E-state index in [1.807, 2.05) is 0 Å². The monoisotopic (exact) mass is 285 g/mol. The number of aromatic carboxylic acids is 1. The second-order valence-corrected chi connectivity index (χ2v) is 4.13. The third-order valence-electron chi connectivity index (χ3n) is 1.96. The van der Waals surface area contributed by atoms with Crippen molar-refractivity contribution >= 4 is 21.9 Å². The van der Waals surface area contributed by atoms with Crippen molar-refractivity contribution in [3.63, 3.8) is 0 Å². The number of halogens is 1. The maximum atomic E-state index is 10.9. The fourth-order valence-corrected chi connectivity index (χ4v) is 1.80. The van der Waals surface area contributed by atoms with E-state index >= 15 is 0 Å². The van der Waals surface area contributed by atoms with Crippen LogP contribution in [0, 0.1) is 6.92 Å². The standard InChI is InChI=1S/C9H8BrN3O3/c1-5-11-8(16-12-5)4-13-3-6(10)2-7(13)9(14)15/h2-3H,4H2,1H3,(H,14,15). The number of aryl methyl sites for hydroxylation is 1. The van der Waals surface area contributed by atoms with Crippen molar-refractivity contribution in [1.29, 1.82) is 0 Å². The molecule has 0 aliphatic heterocycles. The summed E-state index contributed by atoms with van der Waals surface area (Å²) < 4.78 is 7.14. The van der Waals surface area contributed by atoms with E-state index in [4.69, 9.17) is 9.63 Å². The number of nitrogens with zero attached hydrogens (tertiary/aromatic N) is 3. The SMILES string of the molecule is Cc1noc(Cn2cc(Br)cc2C(=O)O)n1. The average Bonchev–Trinajstić information content (AvgIpc) is 2.74. The van der Waals surface area contributed by atoms with Gasteiger partial charge in [-0.15, -0.1) is 0 Å². The van der Waals surface area contributed by atoms with Gasteiger partial charge in [0, 0.05) is 10.7 Å². The molecule has 2 rings (SSSR count). The quantitative estimate of drug-likeness (QED) is 0.928. The predicted octanol–water partition coefficient (Wildman–Crippen LogP) is 1.69. The molecule has 0 amide bonds. The van der Waals surface area contributed by atoms with Crippen molar-refractivity contribution in [2.24, 2.45) is 0 Å². The first kappa shape index (κ1) is 10.9. The Bertz CT molecular complexity index is 532. The Balaban J connectivity index is 2.30. The Morgan fingerprint density at radius 1 is 1.69 bits per heavy atom. The van der Waals surface area contributed by atoms with Crippen molar-refractivity contribution in [2.75, 3.05) is 0 Å². The molecule has 16 heavy (non-hydrogen) atoms. The lowest BCUT2D eigenvalue weighted by Crippen LogP contribution is -2.08. The van der Waals surface area contributed by atoms with Crippen LogP contribution >= 0.6 is 15.9 Å². The summed E-state index contributed by atoms with van der Waals surface area (Å²) in [5.74, 6) is -0.0943. The fraction of sp³-hybridized carbons (Fsp3) is 0.222. The molecule has 0 aliphatic rings. The zero-order valence-corrected chi connectivity index (χ0v) is 9.93. The van der Waals surface area contributed by atoms with Gasteiger partial charge in [-0.3, -0.25) is 0 Å². The maximum absolute atomic E-state index is 10.9. The van der Waals surface area contributed by atoms with Gasteiger partial charge in [-0.1, -0.05) is 5.16 Å². The largest absolute Gasteiger partial charge is 0.477 e. The summed E-state index contributed by atoms with van der Waals surface area (Å²) in [5.41, 5.74) is 0.169. The number of carboxylic acid groups (broad SMARTS) is 1. The smallest absolute Gasteiger partial charge is 0.352 e. The average molecular weight is 286 g/mol. The topological polar surface area (TPSA) is 81.2 Å². The molecule has 0 spiro atoms. The van der Waals surface area contributed by atoms with E-state index < -0.39 is 5.97 Å². The number of hydrogen-bond acceptors (Lipinski definition) is 4. The number of aromatic nitrogens is 3. The first-order valence-corrected chi connectivity index (χ1v) is 5.23. The highest BCUT2D eigenvalue weighted by atomic mass is 79.9. The van der Waals surface area contributed by atoms with Gasteiger partial charge in [-0.05, 0) is 28.9 Å². The molecule has 0 saturated carbocycles. The first-order chi connectivity index (χ1) is 7.56. The van der Waals surface area contributed by atoms with Crippen molar-refractivity contribution in [3.8, 4) is 0 Å². The van der Waals surface area contributed by atoms with Gasteiger partial charge in [-0.25, -0.2) is 4.79 Å². The highest BCUT2D eigenvalue weighted by Crippen LogP contribution is 2.16. The Kier molecular flexibility index (Phi) is 2.78. The predicted molar refractivity (Wildman–Crippen MR) is 57.2 cm³/mol. The van der Waals surface area contributed by atoms with Gasteiger partial charge in [-0.2, -0.15) is 4.98 Å². The molecule has 0 aromatic carbocycles. The van der Waals surface area contributed by atoms with Gasteiger partial charge in [0.05, 0.1) is 0 Å². The third kappa shape index (κ3) is 2.13. The lowest BCUT2D eigenvalue weighted by molar-refractivity contribution is 0.0685. The molecular weight excluding hydrogens is 278 g/mol. The van der Waals surface area contributed by atoms with Crippen LogP contribution in [0.3, 0.4) is 0 Å². The summed E-state index contributed by atoms with van der Waals surface area (Å²) in [6, 6.07) is 1.52. The van der Waals surface area contributed by atoms with Crippen LogP contribution in [0.15, 0.2) is 21.3 Å². The van der Waals surface area contributed by atoms with E-state index in [0.29, 0.717) is 16.2 Å². The second kappa shape index (κ2) is 4.09. The summed E-state index contributed by atoms with van der Waals surface area (Å²) in [6.45, 7) is 1.95. The van der Waals surface area contributed by atoms with Gasteiger partial charge in [0.15, 0.2) is 5.82 Å². The highest BCUT2D eigenvalue weighted by molar-refractivity contribution is 9.10. The summed E-state index contributed by atoms with van der Waals surface area (Å²) in [5, 5.41) is 12.6. The molecule has 2 heterocycles. The number of rotatable bonds is 3. The minimum absolute atomic E-state index is 0.169. The second-order valence-electron chi connectivity index (χ2n) is 3.21. The normalized spacial score (nSPS) is 10.6. The summed E-state index contributed by atoms with van der Waals surface area (Å²) in [4.78, 5) is 14.9. The van der Waals surface area contributed by atoms with Crippen molar-refractivity contribution in [3.05, 3.63) is 34.1 Å². The Labute approximate surface area is 99.0 Å². The van der Waals surface area contributed by atoms with Crippen LogP contribution in [-0.4, -0.2) is 25.8 Å². The van der Waals surface area contributed by atoms with Crippen molar-refractivity contribution < 1.29 is 14.4 Å². The number of hydrogen-bond donors (Lipinski definition) is 1. The van der Waals surface area contributed by atoms with E-state index in [1.165, 1.54) is 10.6 Å². The molecule has 0 radical (unpaired) electrons. The zero-order valence-electron chi connectivity index (χ0n) is 8.35. The third-order valence-corrected chi connectivity index (χ3v) is 2.39. The lowest BCUT2D eigenvalue weighted by Gasteiger charge is -2.01. The van der Waals surface area contributed by atoms with Gasteiger partial charge in [0.25, 0.3) is 0 Å². The van der Waals surface area contributed by atoms with E-state index in [9.17, 15) is 4.79 Å². The Morgan fingerprint density at radius 3 is 3.00 bits per heavy atom. The van der Waals surface area contributed by atoms with Crippen LogP contribution in [-0.2, 0) is 6.54 Å². The minimum Gasteiger partial charge on any atom is -0.477 e. The molecule has 0 fully saturated rings. The summed E-state index contributed by atoms with van der Waals surface area (Å²) >= 11 is 3.22. The molecule has 7 heteroatoms. The molecule has 0 bridgehead atoms. The molecule has 6 nitrogen and oxygen atoms in total. The van der Waals surface area contributed by atoms with Gasteiger partial charge in [0.2, 0.25) is 5.89 Å². The van der Waals surface area contributed by atoms with Crippen LogP contribution in [0.1, 0.15) is 22.2 Å².